The zero-order valence-electron chi connectivity index (χ0n) is 16.1. The van der Waals surface area contributed by atoms with Crippen LogP contribution in [0.1, 0.15) is 11.1 Å². The molecule has 0 radical (unpaired) electrons. The van der Waals surface area contributed by atoms with Crippen LogP contribution in [0.15, 0.2) is 35.9 Å². The van der Waals surface area contributed by atoms with Gasteiger partial charge in [-0.2, -0.15) is 18.4 Å². The Labute approximate surface area is 175 Å². The van der Waals surface area contributed by atoms with E-state index in [4.69, 9.17) is 25.8 Å². The molecule has 158 valence electrons. The van der Waals surface area contributed by atoms with E-state index in [0.717, 1.165) is 12.1 Å². The number of nitriles is 1. The van der Waals surface area contributed by atoms with Gasteiger partial charge < -0.3 is 19.5 Å². The van der Waals surface area contributed by atoms with Gasteiger partial charge in [0.25, 0.3) is 5.91 Å². The minimum absolute atomic E-state index is 0.114. The van der Waals surface area contributed by atoms with E-state index in [1.807, 2.05) is 0 Å². The van der Waals surface area contributed by atoms with Crippen molar-refractivity contribution < 1.29 is 32.2 Å². The maximum atomic E-state index is 12.9. The van der Waals surface area contributed by atoms with Crippen molar-refractivity contribution in [1.29, 1.82) is 5.26 Å². The molecule has 6 nitrogen and oxygen atoms in total. The Balaban J connectivity index is 2.43. The fourth-order valence-corrected chi connectivity index (χ4v) is 2.69. The number of hydrogen-bond donors (Lipinski definition) is 1. The third-order valence-corrected chi connectivity index (χ3v) is 4.27. The molecular weight excluding hydrogens is 425 g/mol. The SMILES string of the molecule is COc1ccc(/C=C(\C#N)C(=O)Nc2cc(C(F)(F)F)ccc2Cl)c(OC)c1OC. The van der Waals surface area contributed by atoms with Crippen LogP contribution in [0.2, 0.25) is 5.02 Å². The molecule has 30 heavy (non-hydrogen) atoms. The summed E-state index contributed by atoms with van der Waals surface area (Å²) in [5.74, 6) is -0.136. The lowest BCUT2D eigenvalue weighted by molar-refractivity contribution is -0.137. The topological polar surface area (TPSA) is 80.6 Å². The van der Waals surface area contributed by atoms with Gasteiger partial charge >= 0.3 is 6.18 Å². The first kappa shape index (κ1) is 22.9. The summed E-state index contributed by atoms with van der Waals surface area (Å²) in [6.07, 6.45) is -3.41. The smallest absolute Gasteiger partial charge is 0.416 e. The second-order valence-electron chi connectivity index (χ2n) is 5.74. The van der Waals surface area contributed by atoms with E-state index in [1.165, 1.54) is 33.5 Å². The minimum atomic E-state index is -4.62. The van der Waals surface area contributed by atoms with E-state index < -0.39 is 23.2 Å². The fourth-order valence-electron chi connectivity index (χ4n) is 2.53. The second-order valence-corrected chi connectivity index (χ2v) is 6.15. The van der Waals surface area contributed by atoms with E-state index in [2.05, 4.69) is 5.32 Å². The van der Waals surface area contributed by atoms with Crippen molar-refractivity contribution in [2.75, 3.05) is 26.6 Å². The van der Waals surface area contributed by atoms with E-state index >= 15 is 0 Å². The first-order chi connectivity index (χ1) is 14.2. The standard InChI is InChI=1S/C20H16ClF3N2O4/c1-28-16-7-4-11(17(29-2)18(16)30-3)8-12(10-25)19(27)26-15-9-13(20(22,23)24)5-6-14(15)21/h4-9H,1-3H3,(H,26,27)/b12-8+. The zero-order chi connectivity index (χ0) is 22.5. The molecule has 0 heterocycles. The van der Waals surface area contributed by atoms with Crippen molar-refractivity contribution in [1.82, 2.24) is 0 Å². The number of ether oxygens (including phenoxy) is 3. The minimum Gasteiger partial charge on any atom is -0.493 e. The summed E-state index contributed by atoms with van der Waals surface area (Å²) in [4.78, 5) is 12.5. The van der Waals surface area contributed by atoms with Gasteiger partial charge in [0.05, 0.1) is 37.6 Å². The van der Waals surface area contributed by atoms with Crippen molar-refractivity contribution in [2.24, 2.45) is 0 Å². The Kier molecular flexibility index (Phi) is 7.19. The number of anilines is 1. The molecule has 2 aromatic carbocycles. The molecule has 0 fully saturated rings. The number of hydrogen-bond acceptors (Lipinski definition) is 5. The van der Waals surface area contributed by atoms with Crippen LogP contribution in [0.25, 0.3) is 6.08 Å². The van der Waals surface area contributed by atoms with Gasteiger partial charge in [0.2, 0.25) is 5.75 Å². The van der Waals surface area contributed by atoms with Crippen LogP contribution >= 0.6 is 11.6 Å². The number of rotatable bonds is 6. The van der Waals surface area contributed by atoms with E-state index in [0.29, 0.717) is 17.4 Å². The van der Waals surface area contributed by atoms with Gasteiger partial charge in [0.15, 0.2) is 11.5 Å². The Morgan fingerprint density at radius 2 is 1.77 bits per heavy atom. The van der Waals surface area contributed by atoms with Crippen molar-refractivity contribution >= 4 is 29.3 Å². The molecule has 2 rings (SSSR count). The number of benzene rings is 2. The van der Waals surface area contributed by atoms with Gasteiger partial charge in [-0.25, -0.2) is 0 Å². The summed E-state index contributed by atoms with van der Waals surface area (Å²) in [7, 11) is 4.18. The Morgan fingerprint density at radius 1 is 1.10 bits per heavy atom. The van der Waals surface area contributed by atoms with Gasteiger partial charge in [-0.15, -0.1) is 0 Å². The molecule has 0 aliphatic heterocycles. The molecule has 2 aromatic rings. The lowest BCUT2D eigenvalue weighted by Gasteiger charge is -2.14. The molecule has 0 atom stereocenters. The van der Waals surface area contributed by atoms with Crippen molar-refractivity contribution in [3.63, 3.8) is 0 Å². The molecule has 10 heteroatoms. The van der Waals surface area contributed by atoms with E-state index in [-0.39, 0.29) is 22.2 Å². The monoisotopic (exact) mass is 440 g/mol. The summed E-state index contributed by atoms with van der Waals surface area (Å²) in [5.41, 5.74) is -1.35. The van der Waals surface area contributed by atoms with Gasteiger partial charge in [0, 0.05) is 5.56 Å². The average molecular weight is 441 g/mol. The summed E-state index contributed by atoms with van der Waals surface area (Å²) >= 11 is 5.88. The van der Waals surface area contributed by atoms with Gasteiger partial charge in [-0.1, -0.05) is 11.6 Å². The van der Waals surface area contributed by atoms with Crippen molar-refractivity contribution in [3.05, 3.63) is 52.1 Å². The summed E-state index contributed by atoms with van der Waals surface area (Å²) in [6.45, 7) is 0. The number of nitrogens with one attached hydrogen (secondary N) is 1. The zero-order valence-corrected chi connectivity index (χ0v) is 16.8. The first-order valence-corrected chi connectivity index (χ1v) is 8.62. The van der Waals surface area contributed by atoms with Gasteiger partial charge in [-0.3, -0.25) is 4.79 Å². The summed E-state index contributed by atoms with van der Waals surface area (Å²) in [5, 5.41) is 11.5. The summed E-state index contributed by atoms with van der Waals surface area (Å²) in [6, 6.07) is 7.26. The normalized spacial score (nSPS) is 11.5. The highest BCUT2D eigenvalue weighted by Gasteiger charge is 2.31. The number of nitrogens with zero attached hydrogens (tertiary/aromatic N) is 1. The highest BCUT2D eigenvalue weighted by Crippen LogP contribution is 2.40. The molecule has 0 saturated carbocycles. The van der Waals surface area contributed by atoms with Crippen LogP contribution < -0.4 is 19.5 Å². The van der Waals surface area contributed by atoms with Crippen molar-refractivity contribution in [2.45, 2.75) is 6.18 Å². The Morgan fingerprint density at radius 3 is 2.30 bits per heavy atom. The molecule has 1 N–H and O–H groups in total. The maximum Gasteiger partial charge on any atom is 0.416 e. The number of amides is 1. The molecule has 0 aliphatic carbocycles. The molecule has 1 amide bonds. The fraction of sp³-hybridized carbons (Fsp3) is 0.200. The molecule has 0 bridgehead atoms. The first-order valence-electron chi connectivity index (χ1n) is 8.25. The molecule has 0 unspecified atom stereocenters. The van der Waals surface area contributed by atoms with Crippen molar-refractivity contribution in [3.8, 4) is 23.3 Å². The predicted octanol–water partition coefficient (Wildman–Crippen LogP) is 4.93. The highest BCUT2D eigenvalue weighted by atomic mass is 35.5. The molecule has 0 spiro atoms. The molecular formula is C20H16ClF3N2O4. The number of methoxy groups -OCH3 is 3. The second kappa shape index (κ2) is 9.41. The number of carbonyl (C=O) groups is 1. The third kappa shape index (κ3) is 4.96. The van der Waals surface area contributed by atoms with E-state index in [1.54, 1.807) is 12.1 Å². The van der Waals surface area contributed by atoms with Crippen LogP contribution in [-0.4, -0.2) is 27.2 Å². The summed E-state index contributed by atoms with van der Waals surface area (Å²) < 4.78 is 54.4. The third-order valence-electron chi connectivity index (χ3n) is 3.94. The number of carbonyl (C=O) groups excluding carboxylic acids is 1. The molecule has 0 aliphatic rings. The highest BCUT2D eigenvalue weighted by molar-refractivity contribution is 6.34. The number of alkyl halides is 3. The van der Waals surface area contributed by atoms with Crippen LogP contribution in [0.3, 0.4) is 0 Å². The predicted molar refractivity (Wildman–Crippen MR) is 105 cm³/mol. The Hall–Kier alpha value is -3.38. The molecule has 0 saturated heterocycles. The number of halogens is 4. The van der Waals surface area contributed by atoms with Crippen LogP contribution in [0, 0.1) is 11.3 Å². The molecule has 0 aromatic heterocycles. The Bertz CT molecular complexity index is 1030. The largest absolute Gasteiger partial charge is 0.493 e. The lowest BCUT2D eigenvalue weighted by Crippen LogP contribution is -2.15. The van der Waals surface area contributed by atoms with Gasteiger partial charge in [0.1, 0.15) is 11.6 Å². The van der Waals surface area contributed by atoms with Gasteiger partial charge in [-0.05, 0) is 36.4 Å². The van der Waals surface area contributed by atoms with E-state index in [9.17, 15) is 23.2 Å². The average Bonchev–Trinajstić information content (AvgIpc) is 2.71. The maximum absolute atomic E-state index is 12.9. The van der Waals surface area contributed by atoms with Crippen LogP contribution in [0.5, 0.6) is 17.2 Å². The van der Waals surface area contributed by atoms with Crippen LogP contribution in [-0.2, 0) is 11.0 Å². The lowest BCUT2D eigenvalue weighted by atomic mass is 10.1. The van der Waals surface area contributed by atoms with Crippen LogP contribution in [0.4, 0.5) is 18.9 Å². The quantitative estimate of drug-likeness (QED) is 0.509.